The summed E-state index contributed by atoms with van der Waals surface area (Å²) in [4.78, 5) is 2.17. The molecule has 18 heavy (non-hydrogen) atoms. The van der Waals surface area contributed by atoms with Crippen molar-refractivity contribution < 1.29 is 10.2 Å². The van der Waals surface area contributed by atoms with Gasteiger partial charge in [0.1, 0.15) is 0 Å². The Morgan fingerprint density at radius 1 is 1.22 bits per heavy atom. The van der Waals surface area contributed by atoms with E-state index in [1.54, 1.807) is 13.8 Å². The zero-order chi connectivity index (χ0) is 13.4. The van der Waals surface area contributed by atoms with Crippen LogP contribution in [-0.2, 0) is 0 Å². The lowest BCUT2D eigenvalue weighted by Gasteiger charge is -2.27. The molecule has 3 unspecified atom stereocenters. The zero-order valence-electron chi connectivity index (χ0n) is 11.9. The number of aliphatic hydroxyl groups excluding tert-OH is 2. The van der Waals surface area contributed by atoms with E-state index in [-0.39, 0.29) is 12.2 Å². The summed E-state index contributed by atoms with van der Waals surface area (Å²) in [6.07, 6.45) is 4.42. The second-order valence-electron chi connectivity index (χ2n) is 5.81. The maximum atomic E-state index is 9.45. The highest BCUT2D eigenvalue weighted by Gasteiger charge is 2.14. The van der Waals surface area contributed by atoms with Gasteiger partial charge in [-0.05, 0) is 65.1 Å². The van der Waals surface area contributed by atoms with Crippen LogP contribution in [0.5, 0.6) is 0 Å². The van der Waals surface area contributed by atoms with Crippen LogP contribution in [0.1, 0.15) is 39.5 Å². The number of hydrogen-bond acceptors (Lipinski definition) is 4. The molecule has 1 aliphatic heterocycles. The van der Waals surface area contributed by atoms with Gasteiger partial charge in [0.25, 0.3) is 0 Å². The predicted molar refractivity (Wildman–Crippen MR) is 74.6 cm³/mol. The fourth-order valence-corrected chi connectivity index (χ4v) is 2.78. The SMILES string of the molecule is CC(O)CN(CCCC1CCCNC1)CC(C)O. The lowest BCUT2D eigenvalue weighted by atomic mass is 9.94. The van der Waals surface area contributed by atoms with Gasteiger partial charge in [0.2, 0.25) is 0 Å². The van der Waals surface area contributed by atoms with Crippen molar-refractivity contribution in [2.45, 2.75) is 51.7 Å². The molecule has 0 aromatic carbocycles. The van der Waals surface area contributed by atoms with Crippen LogP contribution in [0.2, 0.25) is 0 Å². The topological polar surface area (TPSA) is 55.7 Å². The molecule has 3 atom stereocenters. The van der Waals surface area contributed by atoms with E-state index in [4.69, 9.17) is 0 Å². The van der Waals surface area contributed by atoms with E-state index in [1.165, 1.54) is 25.8 Å². The first-order valence-corrected chi connectivity index (χ1v) is 7.37. The summed E-state index contributed by atoms with van der Waals surface area (Å²) in [5.41, 5.74) is 0. The molecule has 1 saturated heterocycles. The summed E-state index contributed by atoms with van der Waals surface area (Å²) in [5, 5.41) is 22.3. The molecule has 1 heterocycles. The Morgan fingerprint density at radius 2 is 1.89 bits per heavy atom. The minimum absolute atomic E-state index is 0.319. The van der Waals surface area contributed by atoms with Crippen molar-refractivity contribution >= 4 is 0 Å². The van der Waals surface area contributed by atoms with Gasteiger partial charge >= 0.3 is 0 Å². The summed E-state index contributed by atoms with van der Waals surface area (Å²) >= 11 is 0. The van der Waals surface area contributed by atoms with Crippen LogP contribution in [-0.4, -0.2) is 60.0 Å². The molecular weight excluding hydrogens is 228 g/mol. The number of hydrogen-bond donors (Lipinski definition) is 3. The fourth-order valence-electron chi connectivity index (χ4n) is 2.78. The first kappa shape index (κ1) is 15.9. The maximum Gasteiger partial charge on any atom is 0.0639 e. The third-order valence-corrected chi connectivity index (χ3v) is 3.53. The predicted octanol–water partition coefficient (Wildman–Crippen LogP) is 0.830. The van der Waals surface area contributed by atoms with Crippen molar-refractivity contribution in [2.75, 3.05) is 32.7 Å². The summed E-state index contributed by atoms with van der Waals surface area (Å²) in [6.45, 7) is 8.24. The molecule has 1 aliphatic rings. The molecule has 0 aromatic rings. The lowest BCUT2D eigenvalue weighted by Crippen LogP contribution is -2.37. The monoisotopic (exact) mass is 258 g/mol. The quantitative estimate of drug-likeness (QED) is 0.604. The summed E-state index contributed by atoms with van der Waals surface area (Å²) in [6, 6.07) is 0. The van der Waals surface area contributed by atoms with Gasteiger partial charge in [-0.1, -0.05) is 0 Å². The largest absolute Gasteiger partial charge is 0.392 e. The van der Waals surface area contributed by atoms with Crippen LogP contribution in [0.4, 0.5) is 0 Å². The highest BCUT2D eigenvalue weighted by molar-refractivity contribution is 4.71. The smallest absolute Gasteiger partial charge is 0.0639 e. The van der Waals surface area contributed by atoms with Crippen LogP contribution < -0.4 is 5.32 Å². The normalized spacial score (nSPS) is 24.2. The van der Waals surface area contributed by atoms with Crippen molar-refractivity contribution in [3.8, 4) is 0 Å². The summed E-state index contributed by atoms with van der Waals surface area (Å²) in [7, 11) is 0. The maximum absolute atomic E-state index is 9.45. The minimum atomic E-state index is -0.319. The first-order chi connectivity index (χ1) is 8.58. The molecule has 0 spiro atoms. The van der Waals surface area contributed by atoms with Gasteiger partial charge in [0.05, 0.1) is 12.2 Å². The Labute approximate surface area is 111 Å². The Kier molecular flexibility index (Phi) is 7.82. The second-order valence-corrected chi connectivity index (χ2v) is 5.81. The van der Waals surface area contributed by atoms with Crippen molar-refractivity contribution in [1.82, 2.24) is 10.2 Å². The number of nitrogens with one attached hydrogen (secondary N) is 1. The van der Waals surface area contributed by atoms with Crippen molar-refractivity contribution in [2.24, 2.45) is 5.92 Å². The van der Waals surface area contributed by atoms with Gasteiger partial charge < -0.3 is 15.5 Å². The summed E-state index contributed by atoms with van der Waals surface area (Å²) in [5.74, 6) is 0.818. The third-order valence-electron chi connectivity index (χ3n) is 3.53. The first-order valence-electron chi connectivity index (χ1n) is 7.37. The Balaban J connectivity index is 2.18. The van der Waals surface area contributed by atoms with Gasteiger partial charge in [-0.3, -0.25) is 4.90 Å². The second kappa shape index (κ2) is 8.86. The lowest BCUT2D eigenvalue weighted by molar-refractivity contribution is 0.0815. The Bertz CT molecular complexity index is 194. The standard InChI is InChI=1S/C14H30N2O2/c1-12(17)10-16(11-13(2)18)8-4-6-14-5-3-7-15-9-14/h12-15,17-18H,3-11H2,1-2H3. The van der Waals surface area contributed by atoms with Gasteiger partial charge in [0, 0.05) is 13.1 Å². The molecule has 0 saturated carbocycles. The highest BCUT2D eigenvalue weighted by Crippen LogP contribution is 2.16. The van der Waals surface area contributed by atoms with Crippen molar-refractivity contribution in [3.63, 3.8) is 0 Å². The fraction of sp³-hybridized carbons (Fsp3) is 1.00. The molecule has 1 fully saturated rings. The van der Waals surface area contributed by atoms with Gasteiger partial charge in [-0.15, -0.1) is 0 Å². The average molecular weight is 258 g/mol. The average Bonchev–Trinajstić information content (AvgIpc) is 2.28. The molecule has 4 heteroatoms. The number of piperidine rings is 1. The number of nitrogens with zero attached hydrogens (tertiary/aromatic N) is 1. The number of rotatable bonds is 8. The van der Waals surface area contributed by atoms with E-state index in [9.17, 15) is 10.2 Å². The van der Waals surface area contributed by atoms with E-state index in [2.05, 4.69) is 10.2 Å². The van der Waals surface area contributed by atoms with Crippen LogP contribution in [0, 0.1) is 5.92 Å². The van der Waals surface area contributed by atoms with Gasteiger partial charge in [-0.2, -0.15) is 0 Å². The molecule has 4 nitrogen and oxygen atoms in total. The highest BCUT2D eigenvalue weighted by atomic mass is 16.3. The molecule has 0 aliphatic carbocycles. The van der Waals surface area contributed by atoms with E-state index in [1.807, 2.05) is 0 Å². The van der Waals surface area contributed by atoms with Gasteiger partial charge in [-0.25, -0.2) is 0 Å². The molecular formula is C14H30N2O2. The van der Waals surface area contributed by atoms with E-state index >= 15 is 0 Å². The van der Waals surface area contributed by atoms with Crippen LogP contribution >= 0.6 is 0 Å². The van der Waals surface area contributed by atoms with E-state index < -0.39 is 0 Å². The Hall–Kier alpha value is -0.160. The molecule has 108 valence electrons. The van der Waals surface area contributed by atoms with Crippen LogP contribution in [0.3, 0.4) is 0 Å². The van der Waals surface area contributed by atoms with Gasteiger partial charge in [0.15, 0.2) is 0 Å². The Morgan fingerprint density at radius 3 is 2.39 bits per heavy atom. The minimum Gasteiger partial charge on any atom is -0.392 e. The van der Waals surface area contributed by atoms with E-state index in [0.717, 1.165) is 25.4 Å². The molecule has 0 bridgehead atoms. The molecule has 3 N–H and O–H groups in total. The number of aliphatic hydroxyl groups is 2. The molecule has 1 rings (SSSR count). The summed E-state index contributed by atoms with van der Waals surface area (Å²) < 4.78 is 0. The molecule has 0 aromatic heterocycles. The van der Waals surface area contributed by atoms with E-state index in [0.29, 0.717) is 13.1 Å². The molecule has 0 radical (unpaired) electrons. The van der Waals surface area contributed by atoms with Crippen LogP contribution in [0.25, 0.3) is 0 Å². The van der Waals surface area contributed by atoms with Crippen LogP contribution in [0.15, 0.2) is 0 Å². The van der Waals surface area contributed by atoms with Crippen molar-refractivity contribution in [3.05, 3.63) is 0 Å². The third kappa shape index (κ3) is 7.31. The molecule has 0 amide bonds. The zero-order valence-corrected chi connectivity index (χ0v) is 11.9. The van der Waals surface area contributed by atoms with Crippen molar-refractivity contribution in [1.29, 1.82) is 0 Å².